The summed E-state index contributed by atoms with van der Waals surface area (Å²) >= 11 is 0. The zero-order valence-corrected chi connectivity index (χ0v) is 16.8. The van der Waals surface area contributed by atoms with Crippen LogP contribution in [-0.2, 0) is 4.79 Å². The number of nitrogens with one attached hydrogen (secondary N) is 1. The Labute approximate surface area is 170 Å². The number of halogens is 1. The van der Waals surface area contributed by atoms with Gasteiger partial charge in [0.15, 0.2) is 0 Å². The molecule has 2 aromatic carbocycles. The van der Waals surface area contributed by atoms with Crippen LogP contribution in [0.4, 0.5) is 4.39 Å². The lowest BCUT2D eigenvalue weighted by atomic mass is 10.00. The number of benzene rings is 2. The van der Waals surface area contributed by atoms with Gasteiger partial charge in [-0.05, 0) is 43.2 Å². The molecule has 1 aliphatic heterocycles. The number of unbranched alkanes of at least 4 members (excludes halogenated alkanes) is 1. The molecule has 0 bridgehead atoms. The van der Waals surface area contributed by atoms with E-state index in [1.165, 1.54) is 12.1 Å². The van der Waals surface area contributed by atoms with Crippen molar-refractivity contribution < 1.29 is 14.0 Å². The van der Waals surface area contributed by atoms with Gasteiger partial charge in [0.1, 0.15) is 5.82 Å². The number of hydrogen-bond donors (Lipinski definition) is 1. The molecule has 150 valence electrons. The van der Waals surface area contributed by atoms with Gasteiger partial charge in [0.05, 0.1) is 0 Å². The third kappa shape index (κ3) is 4.45. The van der Waals surface area contributed by atoms with E-state index >= 15 is 0 Å². The first-order valence-electron chi connectivity index (χ1n) is 9.77. The van der Waals surface area contributed by atoms with Crippen molar-refractivity contribution in [3.05, 3.63) is 88.9 Å². The number of carbonyl (C=O) groups is 2. The molecule has 1 N–H and O–H groups in total. The number of allylic oxidation sites excluding steroid dienone is 1. The molecule has 29 heavy (non-hydrogen) atoms. The molecule has 0 unspecified atom stereocenters. The molecule has 0 radical (unpaired) electrons. The van der Waals surface area contributed by atoms with Crippen molar-refractivity contribution in [2.45, 2.75) is 26.7 Å². The first-order chi connectivity index (χ1) is 13.9. The Kier molecular flexibility index (Phi) is 6.27. The summed E-state index contributed by atoms with van der Waals surface area (Å²) in [5, 5.41) is 2.84. The molecular formula is C24H25FN2O2. The van der Waals surface area contributed by atoms with E-state index in [0.29, 0.717) is 34.5 Å². The van der Waals surface area contributed by atoms with Gasteiger partial charge in [-0.1, -0.05) is 49.8 Å². The van der Waals surface area contributed by atoms with Crippen molar-refractivity contribution in [2.24, 2.45) is 0 Å². The number of hydrogen-bond acceptors (Lipinski definition) is 2. The van der Waals surface area contributed by atoms with Crippen molar-refractivity contribution in [3.8, 4) is 0 Å². The molecule has 4 nitrogen and oxygen atoms in total. The van der Waals surface area contributed by atoms with E-state index in [1.54, 1.807) is 29.2 Å². The molecule has 0 aromatic heterocycles. The minimum absolute atomic E-state index is 0.0832. The Hall–Kier alpha value is -3.21. The van der Waals surface area contributed by atoms with Gasteiger partial charge >= 0.3 is 0 Å². The van der Waals surface area contributed by atoms with Crippen LogP contribution in [0, 0.1) is 12.7 Å². The predicted molar refractivity (Wildman–Crippen MR) is 113 cm³/mol. The summed E-state index contributed by atoms with van der Waals surface area (Å²) in [5.41, 5.74) is 4.04. The summed E-state index contributed by atoms with van der Waals surface area (Å²) in [5.74, 6) is -0.755. The molecule has 1 aliphatic rings. The van der Waals surface area contributed by atoms with E-state index in [9.17, 15) is 14.0 Å². The van der Waals surface area contributed by atoms with Gasteiger partial charge in [0, 0.05) is 35.5 Å². The molecule has 0 atom stereocenters. The summed E-state index contributed by atoms with van der Waals surface area (Å²) in [4.78, 5) is 27.2. The molecule has 2 aromatic rings. The van der Waals surface area contributed by atoms with E-state index in [0.717, 1.165) is 18.4 Å². The lowest BCUT2D eigenvalue weighted by molar-refractivity contribution is -0.124. The highest BCUT2D eigenvalue weighted by atomic mass is 19.1. The average Bonchev–Trinajstić information content (AvgIpc) is 2.95. The normalized spacial score (nSPS) is 14.0. The Morgan fingerprint density at radius 1 is 1.10 bits per heavy atom. The summed E-state index contributed by atoms with van der Waals surface area (Å²) in [7, 11) is 0. The molecule has 0 fully saturated rings. The molecule has 0 aliphatic carbocycles. The van der Waals surface area contributed by atoms with Gasteiger partial charge in [-0.3, -0.25) is 9.59 Å². The summed E-state index contributed by atoms with van der Waals surface area (Å²) < 4.78 is 13.4. The molecule has 0 saturated carbocycles. The zero-order valence-electron chi connectivity index (χ0n) is 16.8. The summed E-state index contributed by atoms with van der Waals surface area (Å²) in [6.07, 6.45) is 1.80. The maximum Gasteiger partial charge on any atom is 0.256 e. The van der Waals surface area contributed by atoms with Crippen molar-refractivity contribution in [2.75, 3.05) is 13.1 Å². The second-order valence-corrected chi connectivity index (χ2v) is 7.17. The maximum atomic E-state index is 13.4. The van der Waals surface area contributed by atoms with Crippen LogP contribution in [0.15, 0.2) is 66.4 Å². The van der Waals surface area contributed by atoms with E-state index in [4.69, 9.17) is 0 Å². The fraction of sp³-hybridized carbons (Fsp3) is 0.250. The fourth-order valence-electron chi connectivity index (χ4n) is 3.35. The van der Waals surface area contributed by atoms with Gasteiger partial charge < -0.3 is 10.2 Å². The Morgan fingerprint density at radius 3 is 2.38 bits per heavy atom. The monoisotopic (exact) mass is 392 g/mol. The average molecular weight is 392 g/mol. The van der Waals surface area contributed by atoms with Crippen molar-refractivity contribution in [1.29, 1.82) is 0 Å². The van der Waals surface area contributed by atoms with Gasteiger partial charge in [-0.15, -0.1) is 0 Å². The van der Waals surface area contributed by atoms with Crippen LogP contribution in [0.1, 0.15) is 41.3 Å². The van der Waals surface area contributed by atoms with Crippen molar-refractivity contribution in [3.63, 3.8) is 0 Å². The number of carbonyl (C=O) groups excluding carboxylic acids is 2. The number of rotatable bonds is 7. The molecule has 1 heterocycles. The third-order valence-electron chi connectivity index (χ3n) is 5.03. The minimum Gasteiger partial charge on any atom is -0.348 e. The maximum absolute atomic E-state index is 13.4. The Balaban J connectivity index is 1.88. The van der Waals surface area contributed by atoms with Gasteiger partial charge in [-0.2, -0.15) is 0 Å². The predicted octanol–water partition coefficient (Wildman–Crippen LogP) is 4.47. The lowest BCUT2D eigenvalue weighted by Gasteiger charge is -2.18. The molecular weight excluding hydrogens is 367 g/mol. The van der Waals surface area contributed by atoms with Crippen LogP contribution in [-0.4, -0.2) is 29.8 Å². The number of aryl methyl sites for hydroxylation is 1. The third-order valence-corrected chi connectivity index (χ3v) is 5.03. The molecule has 5 heteroatoms. The molecule has 2 amide bonds. The highest BCUT2D eigenvalue weighted by Crippen LogP contribution is 2.36. The highest BCUT2D eigenvalue weighted by molar-refractivity contribution is 6.12. The van der Waals surface area contributed by atoms with Crippen LogP contribution < -0.4 is 5.32 Å². The van der Waals surface area contributed by atoms with Crippen molar-refractivity contribution >= 4 is 17.4 Å². The topological polar surface area (TPSA) is 49.4 Å². The number of nitrogens with zero attached hydrogens (tertiary/aromatic N) is 1. The lowest BCUT2D eigenvalue weighted by Crippen LogP contribution is -2.31. The van der Waals surface area contributed by atoms with Crippen LogP contribution >= 0.6 is 0 Å². The Morgan fingerprint density at radius 2 is 1.76 bits per heavy atom. The molecule has 3 rings (SSSR count). The van der Waals surface area contributed by atoms with Crippen molar-refractivity contribution in [1.82, 2.24) is 10.2 Å². The molecule has 0 spiro atoms. The van der Waals surface area contributed by atoms with E-state index in [2.05, 4.69) is 18.8 Å². The van der Waals surface area contributed by atoms with Crippen LogP contribution in [0.5, 0.6) is 0 Å². The SMILES string of the molecule is C=C1C(c2ccc(F)cc2)=C(CNC(=O)c2ccc(C)cc2)C(=O)N1CCCC. The van der Waals surface area contributed by atoms with E-state index < -0.39 is 0 Å². The van der Waals surface area contributed by atoms with Gasteiger partial charge in [0.2, 0.25) is 0 Å². The summed E-state index contributed by atoms with van der Waals surface area (Å²) in [6, 6.07) is 13.2. The van der Waals surface area contributed by atoms with Gasteiger partial charge in [0.25, 0.3) is 11.8 Å². The highest BCUT2D eigenvalue weighted by Gasteiger charge is 2.34. The van der Waals surface area contributed by atoms with Crippen LogP contribution in [0.2, 0.25) is 0 Å². The Bertz CT molecular complexity index is 959. The first kappa shape index (κ1) is 20.5. The largest absolute Gasteiger partial charge is 0.348 e. The molecule has 0 saturated heterocycles. The first-order valence-corrected chi connectivity index (χ1v) is 9.77. The second-order valence-electron chi connectivity index (χ2n) is 7.17. The zero-order chi connectivity index (χ0) is 21.0. The number of amides is 2. The van der Waals surface area contributed by atoms with Gasteiger partial charge in [-0.25, -0.2) is 4.39 Å². The summed E-state index contributed by atoms with van der Waals surface area (Å²) in [6.45, 7) is 8.76. The van der Waals surface area contributed by atoms with E-state index in [1.807, 2.05) is 19.1 Å². The van der Waals surface area contributed by atoms with Crippen LogP contribution in [0.25, 0.3) is 5.57 Å². The fourth-order valence-corrected chi connectivity index (χ4v) is 3.35. The standard InChI is InChI=1S/C24H25FN2O2/c1-4-5-14-27-17(3)22(18-10-12-20(25)13-11-18)21(24(27)29)15-26-23(28)19-8-6-16(2)7-9-19/h6-13H,3-5,14-15H2,1-2H3,(H,26,28). The van der Waals surface area contributed by atoms with E-state index in [-0.39, 0.29) is 24.2 Å². The smallest absolute Gasteiger partial charge is 0.256 e. The second kappa shape index (κ2) is 8.86. The minimum atomic E-state index is -0.346. The van der Waals surface area contributed by atoms with Crippen LogP contribution in [0.3, 0.4) is 0 Å². The quantitative estimate of drug-likeness (QED) is 0.756.